The number of thioether (sulfide) groups is 1. The molecule has 11 heteroatoms. The summed E-state index contributed by atoms with van der Waals surface area (Å²) < 4.78 is 12.0. The van der Waals surface area contributed by atoms with E-state index >= 15 is 0 Å². The van der Waals surface area contributed by atoms with Crippen LogP contribution in [0, 0.1) is 17.0 Å². The number of carbonyl (C=O) groups excluding carboxylic acids is 1. The number of hydrogen-bond acceptors (Lipinski definition) is 7. The molecular weight excluding hydrogens is 570 g/mol. The predicted molar refractivity (Wildman–Crippen MR) is 145 cm³/mol. The molecule has 3 aromatic rings. The standard InChI is InChI=1S/C25H19BrClN3O5S/c1-14-19(27)7-4-8-20(14)28-25-29-24(31)22(36-25)12-16-10-18(26)23(21(11-16)34-2)35-13-15-5-3-6-17(9-15)30(32)33/h3-12H,13H2,1-2H3,(H,28,29,31)/b22-12+. The van der Waals surface area contributed by atoms with E-state index in [0.717, 1.165) is 5.56 Å². The second kappa shape index (κ2) is 11.2. The second-order valence-corrected chi connectivity index (χ2v) is 9.91. The summed E-state index contributed by atoms with van der Waals surface area (Å²) in [5.41, 5.74) is 2.85. The zero-order valence-electron chi connectivity index (χ0n) is 19.1. The number of methoxy groups -OCH3 is 1. The number of hydrogen-bond donors (Lipinski definition) is 1. The molecule has 8 nitrogen and oxygen atoms in total. The highest BCUT2D eigenvalue weighted by Gasteiger charge is 2.24. The largest absolute Gasteiger partial charge is 0.493 e. The van der Waals surface area contributed by atoms with E-state index in [1.807, 2.05) is 13.0 Å². The van der Waals surface area contributed by atoms with Crippen LogP contribution in [-0.4, -0.2) is 23.1 Å². The Balaban J connectivity index is 1.54. The highest BCUT2D eigenvalue weighted by molar-refractivity contribution is 9.10. The number of non-ortho nitro benzene ring substituents is 1. The molecule has 1 aliphatic rings. The molecule has 4 rings (SSSR count). The third-order valence-corrected chi connectivity index (χ3v) is 7.07. The number of carbonyl (C=O) groups is 1. The van der Waals surface area contributed by atoms with E-state index in [1.54, 1.807) is 42.5 Å². The molecule has 0 saturated carbocycles. The molecule has 0 radical (unpaired) electrons. The van der Waals surface area contributed by atoms with Crippen molar-refractivity contribution < 1.29 is 19.2 Å². The topological polar surface area (TPSA) is 103 Å². The lowest BCUT2D eigenvalue weighted by Gasteiger charge is -2.14. The van der Waals surface area contributed by atoms with Crippen molar-refractivity contribution in [2.24, 2.45) is 4.99 Å². The maximum atomic E-state index is 12.5. The zero-order chi connectivity index (χ0) is 25.8. The fraction of sp³-hybridized carbons (Fsp3) is 0.120. The number of amides is 1. The van der Waals surface area contributed by atoms with Gasteiger partial charge in [0.1, 0.15) is 6.61 Å². The van der Waals surface area contributed by atoms with E-state index in [2.05, 4.69) is 26.2 Å². The highest BCUT2D eigenvalue weighted by Crippen LogP contribution is 2.39. The second-order valence-electron chi connectivity index (χ2n) is 7.62. The number of nitrogens with zero attached hydrogens (tertiary/aromatic N) is 2. The van der Waals surface area contributed by atoms with Crippen LogP contribution in [0.2, 0.25) is 5.02 Å². The molecule has 0 bridgehead atoms. The molecule has 0 atom stereocenters. The minimum Gasteiger partial charge on any atom is -0.493 e. The first kappa shape index (κ1) is 25.7. The fourth-order valence-corrected chi connectivity index (χ4v) is 4.92. The van der Waals surface area contributed by atoms with Crippen LogP contribution in [0.5, 0.6) is 11.5 Å². The molecule has 1 saturated heterocycles. The van der Waals surface area contributed by atoms with Crippen molar-refractivity contribution in [3.63, 3.8) is 0 Å². The Labute approximate surface area is 224 Å². The first-order chi connectivity index (χ1) is 17.2. The lowest BCUT2D eigenvalue weighted by atomic mass is 10.1. The van der Waals surface area contributed by atoms with E-state index in [1.165, 1.54) is 31.0 Å². The van der Waals surface area contributed by atoms with Crippen LogP contribution < -0.4 is 14.8 Å². The van der Waals surface area contributed by atoms with Crippen molar-refractivity contribution >= 4 is 67.8 Å². The third-order valence-electron chi connectivity index (χ3n) is 5.17. The van der Waals surface area contributed by atoms with Gasteiger partial charge in [-0.3, -0.25) is 14.9 Å². The van der Waals surface area contributed by atoms with Crippen molar-refractivity contribution in [3.05, 3.63) is 95.8 Å². The number of rotatable bonds is 7. The Morgan fingerprint density at radius 1 is 1.22 bits per heavy atom. The summed E-state index contributed by atoms with van der Waals surface area (Å²) in [5.74, 6) is 0.612. The Morgan fingerprint density at radius 3 is 2.75 bits per heavy atom. The van der Waals surface area contributed by atoms with Gasteiger partial charge in [0, 0.05) is 17.2 Å². The molecule has 0 spiro atoms. The fourth-order valence-electron chi connectivity index (χ4n) is 3.34. The zero-order valence-corrected chi connectivity index (χ0v) is 22.2. The van der Waals surface area contributed by atoms with Gasteiger partial charge in [0.05, 0.1) is 27.1 Å². The average molecular weight is 589 g/mol. The summed E-state index contributed by atoms with van der Waals surface area (Å²) in [6.07, 6.45) is 1.73. The van der Waals surface area contributed by atoms with E-state index in [4.69, 9.17) is 21.1 Å². The van der Waals surface area contributed by atoms with Crippen molar-refractivity contribution in [3.8, 4) is 11.5 Å². The molecule has 36 heavy (non-hydrogen) atoms. The molecular formula is C25H19BrClN3O5S. The van der Waals surface area contributed by atoms with Gasteiger partial charge in [0.2, 0.25) is 0 Å². The Morgan fingerprint density at radius 2 is 2.00 bits per heavy atom. The first-order valence-corrected chi connectivity index (χ1v) is 12.5. The van der Waals surface area contributed by atoms with Gasteiger partial charge in [0.25, 0.3) is 11.6 Å². The van der Waals surface area contributed by atoms with Crippen LogP contribution in [0.1, 0.15) is 16.7 Å². The van der Waals surface area contributed by atoms with E-state index < -0.39 is 4.92 Å². The average Bonchev–Trinajstić information content (AvgIpc) is 3.19. The van der Waals surface area contributed by atoms with Crippen LogP contribution in [-0.2, 0) is 11.4 Å². The SMILES string of the molecule is COc1cc(/C=C2/SC(=Nc3cccc(Cl)c3C)NC2=O)cc(Br)c1OCc1cccc([N+](=O)[O-])c1. The summed E-state index contributed by atoms with van der Waals surface area (Å²) in [5, 5.41) is 14.8. The Kier molecular flexibility index (Phi) is 7.97. The summed E-state index contributed by atoms with van der Waals surface area (Å²) in [7, 11) is 1.51. The molecule has 1 fully saturated rings. The molecule has 0 aromatic heterocycles. The van der Waals surface area contributed by atoms with Gasteiger partial charge in [-0.15, -0.1) is 0 Å². The van der Waals surface area contributed by atoms with Crippen molar-refractivity contribution in [2.45, 2.75) is 13.5 Å². The third kappa shape index (κ3) is 5.89. The highest BCUT2D eigenvalue weighted by atomic mass is 79.9. The van der Waals surface area contributed by atoms with Gasteiger partial charge in [-0.05, 0) is 81.6 Å². The van der Waals surface area contributed by atoms with Gasteiger partial charge < -0.3 is 14.8 Å². The van der Waals surface area contributed by atoms with E-state index in [0.29, 0.717) is 47.9 Å². The van der Waals surface area contributed by atoms with Crippen LogP contribution in [0.4, 0.5) is 11.4 Å². The van der Waals surface area contributed by atoms with Gasteiger partial charge in [-0.25, -0.2) is 4.99 Å². The summed E-state index contributed by atoms with van der Waals surface area (Å²) in [4.78, 5) is 28.1. The smallest absolute Gasteiger partial charge is 0.269 e. The number of halogens is 2. The molecule has 0 unspecified atom stereocenters. The van der Waals surface area contributed by atoms with Crippen molar-refractivity contribution in [1.82, 2.24) is 5.32 Å². The lowest BCUT2D eigenvalue weighted by molar-refractivity contribution is -0.384. The van der Waals surface area contributed by atoms with Crippen LogP contribution in [0.3, 0.4) is 0 Å². The number of nitrogens with one attached hydrogen (secondary N) is 1. The number of nitro groups is 1. The Hall–Kier alpha value is -3.34. The van der Waals surface area contributed by atoms with Gasteiger partial charge in [0.15, 0.2) is 16.7 Å². The summed E-state index contributed by atoms with van der Waals surface area (Å²) in [6, 6.07) is 15.2. The monoisotopic (exact) mass is 587 g/mol. The number of ether oxygens (including phenoxy) is 2. The van der Waals surface area contributed by atoms with Gasteiger partial charge >= 0.3 is 0 Å². The molecule has 0 aliphatic carbocycles. The van der Waals surface area contributed by atoms with E-state index in [9.17, 15) is 14.9 Å². The molecule has 3 aromatic carbocycles. The molecule has 1 heterocycles. The minimum atomic E-state index is -0.453. The van der Waals surface area contributed by atoms with Crippen LogP contribution >= 0.6 is 39.3 Å². The summed E-state index contributed by atoms with van der Waals surface area (Å²) in [6.45, 7) is 1.98. The number of aliphatic imine (C=N–C) groups is 1. The number of nitro benzene ring substituents is 1. The maximum Gasteiger partial charge on any atom is 0.269 e. The minimum absolute atomic E-state index is 0.00938. The van der Waals surface area contributed by atoms with E-state index in [-0.39, 0.29) is 18.2 Å². The van der Waals surface area contributed by atoms with Gasteiger partial charge in [-0.1, -0.05) is 29.8 Å². The number of benzene rings is 3. The first-order valence-electron chi connectivity index (χ1n) is 10.5. The Bertz CT molecular complexity index is 1430. The molecule has 1 amide bonds. The quantitative estimate of drug-likeness (QED) is 0.185. The van der Waals surface area contributed by atoms with Crippen LogP contribution in [0.25, 0.3) is 6.08 Å². The number of amidine groups is 1. The maximum absolute atomic E-state index is 12.5. The summed E-state index contributed by atoms with van der Waals surface area (Å²) >= 11 is 10.9. The lowest BCUT2D eigenvalue weighted by Crippen LogP contribution is -2.19. The molecule has 184 valence electrons. The van der Waals surface area contributed by atoms with Gasteiger partial charge in [-0.2, -0.15) is 0 Å². The predicted octanol–water partition coefficient (Wildman–Crippen LogP) is 6.80. The molecule has 1 aliphatic heterocycles. The molecule has 1 N–H and O–H groups in total. The normalized spacial score (nSPS) is 15.3. The van der Waals surface area contributed by atoms with Crippen molar-refractivity contribution in [1.29, 1.82) is 0 Å². The van der Waals surface area contributed by atoms with Crippen LogP contribution in [0.15, 0.2) is 69.0 Å². The van der Waals surface area contributed by atoms with Crippen molar-refractivity contribution in [2.75, 3.05) is 7.11 Å².